The third-order valence-corrected chi connectivity index (χ3v) is 3.00. The van der Waals surface area contributed by atoms with Gasteiger partial charge in [0.15, 0.2) is 0 Å². The van der Waals surface area contributed by atoms with Crippen molar-refractivity contribution in [2.45, 2.75) is 25.3 Å². The average molecular weight is 189 g/mol. The minimum absolute atomic E-state index is 0.601. The highest BCUT2D eigenvalue weighted by Gasteiger charge is 2.16. The molecule has 1 unspecified atom stereocenters. The summed E-state index contributed by atoms with van der Waals surface area (Å²) in [5, 5.41) is 3.30. The van der Waals surface area contributed by atoms with Crippen LogP contribution in [0.2, 0.25) is 0 Å². The Morgan fingerprint density at radius 3 is 3.00 bits per heavy atom. The van der Waals surface area contributed by atoms with Crippen molar-refractivity contribution in [3.63, 3.8) is 0 Å². The minimum Gasteiger partial charge on any atom is -0.317 e. The van der Waals surface area contributed by atoms with E-state index in [1.807, 2.05) is 19.2 Å². The molecule has 1 aromatic carbocycles. The number of carbonyl (C=O) groups is 1. The first-order valence-electron chi connectivity index (χ1n) is 5.07. The Hall–Kier alpha value is -1.15. The van der Waals surface area contributed by atoms with E-state index in [1.165, 1.54) is 17.5 Å². The fourth-order valence-corrected chi connectivity index (χ4v) is 2.09. The van der Waals surface area contributed by atoms with E-state index in [4.69, 9.17) is 0 Å². The van der Waals surface area contributed by atoms with Crippen molar-refractivity contribution in [1.29, 1.82) is 0 Å². The third kappa shape index (κ3) is 1.70. The van der Waals surface area contributed by atoms with Crippen LogP contribution in [0.1, 0.15) is 27.9 Å². The van der Waals surface area contributed by atoms with Crippen LogP contribution in [0.4, 0.5) is 0 Å². The van der Waals surface area contributed by atoms with Gasteiger partial charge in [-0.05, 0) is 43.5 Å². The number of aryl methyl sites for hydroxylation is 1. The van der Waals surface area contributed by atoms with E-state index >= 15 is 0 Å². The van der Waals surface area contributed by atoms with Crippen LogP contribution < -0.4 is 5.32 Å². The number of likely N-dealkylation sites (N-methyl/N-ethyl adjacent to an activating group) is 1. The zero-order valence-corrected chi connectivity index (χ0v) is 8.42. The highest BCUT2D eigenvalue weighted by Crippen LogP contribution is 2.21. The number of nitrogens with one attached hydrogen (secondary N) is 1. The lowest BCUT2D eigenvalue weighted by Crippen LogP contribution is -2.31. The van der Waals surface area contributed by atoms with Gasteiger partial charge in [0.25, 0.3) is 0 Å². The summed E-state index contributed by atoms with van der Waals surface area (Å²) in [4.78, 5) is 10.6. The molecule has 0 saturated carbocycles. The van der Waals surface area contributed by atoms with Crippen molar-refractivity contribution in [3.05, 3.63) is 34.9 Å². The molecule has 1 atom stereocenters. The number of fused-ring (bicyclic) bond motifs is 1. The predicted octanol–water partition coefficient (Wildman–Crippen LogP) is 1.58. The van der Waals surface area contributed by atoms with Gasteiger partial charge in [0.05, 0.1) is 0 Å². The van der Waals surface area contributed by atoms with Crippen LogP contribution in [0.5, 0.6) is 0 Å². The number of carbonyl (C=O) groups excluding carboxylic acids is 1. The number of benzene rings is 1. The smallest absolute Gasteiger partial charge is 0.150 e. The van der Waals surface area contributed by atoms with Gasteiger partial charge in [0.1, 0.15) is 6.29 Å². The number of hydrogen-bond donors (Lipinski definition) is 1. The lowest BCUT2D eigenvalue weighted by molar-refractivity contribution is 0.112. The first kappa shape index (κ1) is 9.41. The predicted molar refractivity (Wildman–Crippen MR) is 56.7 cm³/mol. The van der Waals surface area contributed by atoms with Crippen LogP contribution in [0.15, 0.2) is 18.2 Å². The van der Waals surface area contributed by atoms with E-state index in [-0.39, 0.29) is 0 Å². The van der Waals surface area contributed by atoms with Gasteiger partial charge in [-0.2, -0.15) is 0 Å². The molecular weight excluding hydrogens is 174 g/mol. The first-order valence-corrected chi connectivity index (χ1v) is 5.07. The molecule has 0 fully saturated rings. The van der Waals surface area contributed by atoms with Gasteiger partial charge < -0.3 is 5.32 Å². The van der Waals surface area contributed by atoms with Gasteiger partial charge in [-0.3, -0.25) is 4.79 Å². The molecule has 2 rings (SSSR count). The molecule has 0 aliphatic heterocycles. The van der Waals surface area contributed by atoms with Crippen LogP contribution in [0.3, 0.4) is 0 Å². The number of aldehydes is 1. The molecule has 1 N–H and O–H groups in total. The summed E-state index contributed by atoms with van der Waals surface area (Å²) < 4.78 is 0. The van der Waals surface area contributed by atoms with Gasteiger partial charge >= 0.3 is 0 Å². The van der Waals surface area contributed by atoms with Crippen molar-refractivity contribution in [1.82, 2.24) is 5.32 Å². The second-order valence-corrected chi connectivity index (χ2v) is 3.87. The maximum Gasteiger partial charge on any atom is 0.150 e. The van der Waals surface area contributed by atoms with Crippen molar-refractivity contribution in [2.24, 2.45) is 0 Å². The summed E-state index contributed by atoms with van der Waals surface area (Å²) >= 11 is 0. The van der Waals surface area contributed by atoms with E-state index < -0.39 is 0 Å². The second kappa shape index (κ2) is 3.93. The number of hydrogen-bond acceptors (Lipinski definition) is 2. The van der Waals surface area contributed by atoms with E-state index in [9.17, 15) is 4.79 Å². The van der Waals surface area contributed by atoms with Gasteiger partial charge in [0.2, 0.25) is 0 Å². The molecule has 0 saturated heterocycles. The summed E-state index contributed by atoms with van der Waals surface area (Å²) in [6.45, 7) is 0. The lowest BCUT2D eigenvalue weighted by Gasteiger charge is -2.24. The van der Waals surface area contributed by atoms with Crippen LogP contribution >= 0.6 is 0 Å². The Balaban J connectivity index is 2.27. The zero-order chi connectivity index (χ0) is 9.97. The molecule has 74 valence electrons. The van der Waals surface area contributed by atoms with Crippen molar-refractivity contribution >= 4 is 6.29 Å². The quantitative estimate of drug-likeness (QED) is 0.716. The molecule has 0 amide bonds. The maximum absolute atomic E-state index is 10.6. The molecular formula is C12H15NO. The molecule has 1 aliphatic carbocycles. The molecule has 0 spiro atoms. The molecule has 1 aliphatic rings. The zero-order valence-electron chi connectivity index (χ0n) is 8.42. The van der Waals surface area contributed by atoms with Crippen molar-refractivity contribution < 1.29 is 4.79 Å². The Kier molecular flexibility index (Phi) is 2.64. The molecule has 0 radical (unpaired) electrons. The first-order chi connectivity index (χ1) is 6.83. The second-order valence-electron chi connectivity index (χ2n) is 3.87. The topological polar surface area (TPSA) is 29.1 Å². The van der Waals surface area contributed by atoms with Gasteiger partial charge in [-0.15, -0.1) is 0 Å². The van der Waals surface area contributed by atoms with Crippen LogP contribution in [-0.2, 0) is 12.8 Å². The van der Waals surface area contributed by atoms with E-state index in [0.29, 0.717) is 6.04 Å². The van der Waals surface area contributed by atoms with E-state index in [2.05, 4.69) is 11.4 Å². The van der Waals surface area contributed by atoms with Gasteiger partial charge in [-0.1, -0.05) is 12.1 Å². The largest absolute Gasteiger partial charge is 0.317 e. The summed E-state index contributed by atoms with van der Waals surface area (Å²) in [6.07, 6.45) is 4.27. The monoisotopic (exact) mass is 189 g/mol. The molecule has 0 heterocycles. The SMILES string of the molecule is CNC1CCc2cc(C=O)ccc2C1. The molecule has 2 nitrogen and oxygen atoms in total. The molecule has 14 heavy (non-hydrogen) atoms. The molecule has 1 aromatic rings. The normalized spacial score (nSPS) is 20.2. The minimum atomic E-state index is 0.601. The van der Waals surface area contributed by atoms with Crippen molar-refractivity contribution in [3.8, 4) is 0 Å². The molecule has 0 bridgehead atoms. The summed E-state index contributed by atoms with van der Waals surface area (Å²) in [7, 11) is 2.01. The average Bonchev–Trinajstić information content (AvgIpc) is 2.27. The summed E-state index contributed by atoms with van der Waals surface area (Å²) in [5.41, 5.74) is 3.54. The Bertz CT molecular complexity index is 346. The lowest BCUT2D eigenvalue weighted by atomic mass is 9.87. The molecule has 0 aromatic heterocycles. The van der Waals surface area contributed by atoms with Crippen LogP contribution in [0, 0.1) is 0 Å². The van der Waals surface area contributed by atoms with Gasteiger partial charge in [-0.25, -0.2) is 0 Å². The maximum atomic E-state index is 10.6. The summed E-state index contributed by atoms with van der Waals surface area (Å²) in [6, 6.07) is 6.62. The van der Waals surface area contributed by atoms with E-state index in [1.54, 1.807) is 0 Å². The van der Waals surface area contributed by atoms with Crippen molar-refractivity contribution in [2.75, 3.05) is 7.05 Å². The molecule has 2 heteroatoms. The Labute approximate surface area is 84.3 Å². The highest BCUT2D eigenvalue weighted by atomic mass is 16.1. The Morgan fingerprint density at radius 1 is 1.43 bits per heavy atom. The summed E-state index contributed by atoms with van der Waals surface area (Å²) in [5.74, 6) is 0. The van der Waals surface area contributed by atoms with Crippen LogP contribution in [-0.4, -0.2) is 19.4 Å². The highest BCUT2D eigenvalue weighted by molar-refractivity contribution is 5.75. The standard InChI is InChI=1S/C12H15NO/c1-13-12-5-4-10-6-9(8-14)2-3-11(10)7-12/h2-3,6,8,12-13H,4-5,7H2,1H3. The van der Waals surface area contributed by atoms with Crippen LogP contribution in [0.25, 0.3) is 0 Å². The third-order valence-electron chi connectivity index (χ3n) is 3.00. The fourth-order valence-electron chi connectivity index (χ4n) is 2.09. The number of rotatable bonds is 2. The van der Waals surface area contributed by atoms with E-state index in [0.717, 1.165) is 24.7 Å². The van der Waals surface area contributed by atoms with Gasteiger partial charge in [0, 0.05) is 11.6 Å². The Morgan fingerprint density at radius 2 is 2.29 bits per heavy atom. The fraction of sp³-hybridized carbons (Fsp3) is 0.417.